The first-order chi connectivity index (χ1) is 9.65. The average molecular weight is 280 g/mol. The second-order valence-corrected chi connectivity index (χ2v) is 4.93. The highest BCUT2D eigenvalue weighted by molar-refractivity contribution is 5.81. The zero-order valence-electron chi connectivity index (χ0n) is 11.7. The van der Waals surface area contributed by atoms with Crippen LogP contribution in [0, 0.1) is 5.82 Å². The third kappa shape index (κ3) is 3.26. The summed E-state index contributed by atoms with van der Waals surface area (Å²) in [5.74, 6) is 4.86. The lowest BCUT2D eigenvalue weighted by Gasteiger charge is -2.39. The molecule has 2 rings (SSSR count). The molecule has 1 atom stereocenters. The number of carbonyl (C=O) groups excluding carboxylic acids is 1. The molecule has 0 unspecified atom stereocenters. The van der Waals surface area contributed by atoms with Crippen LogP contribution in [0.25, 0.3) is 0 Å². The number of benzene rings is 1. The Morgan fingerprint density at radius 2 is 1.90 bits per heavy atom. The van der Waals surface area contributed by atoms with Crippen molar-refractivity contribution >= 4 is 11.6 Å². The lowest BCUT2D eigenvalue weighted by atomic mass is 10.1. The van der Waals surface area contributed by atoms with E-state index in [1.165, 1.54) is 12.1 Å². The molecule has 0 saturated carbocycles. The summed E-state index contributed by atoms with van der Waals surface area (Å²) in [6.07, 6.45) is 0.736. The van der Waals surface area contributed by atoms with Gasteiger partial charge in [-0.05, 0) is 30.7 Å². The Hall–Kier alpha value is -1.66. The van der Waals surface area contributed by atoms with Gasteiger partial charge in [0.05, 0.1) is 6.04 Å². The molecule has 20 heavy (non-hydrogen) atoms. The van der Waals surface area contributed by atoms with Gasteiger partial charge in [0.2, 0.25) is 0 Å². The third-order valence-electron chi connectivity index (χ3n) is 3.78. The smallest absolute Gasteiger partial charge is 0.251 e. The quantitative estimate of drug-likeness (QED) is 0.484. The number of hydrazine groups is 1. The van der Waals surface area contributed by atoms with E-state index >= 15 is 0 Å². The SMILES string of the molecule is CC[C@@H](C(=O)NN)N1CCN(c2ccc(F)cc2)CC1. The molecule has 0 aromatic heterocycles. The number of anilines is 1. The molecule has 0 radical (unpaired) electrons. The van der Waals surface area contributed by atoms with Crippen molar-refractivity contribution in [2.45, 2.75) is 19.4 Å². The summed E-state index contributed by atoms with van der Waals surface area (Å²) in [5.41, 5.74) is 3.24. The molecule has 6 heteroatoms. The summed E-state index contributed by atoms with van der Waals surface area (Å²) in [4.78, 5) is 16.0. The van der Waals surface area contributed by atoms with E-state index in [1.807, 2.05) is 6.92 Å². The van der Waals surface area contributed by atoms with E-state index in [0.29, 0.717) is 0 Å². The summed E-state index contributed by atoms with van der Waals surface area (Å²) in [5, 5.41) is 0. The monoisotopic (exact) mass is 280 g/mol. The van der Waals surface area contributed by atoms with Gasteiger partial charge in [0.25, 0.3) is 5.91 Å². The van der Waals surface area contributed by atoms with Gasteiger partial charge < -0.3 is 4.90 Å². The summed E-state index contributed by atoms with van der Waals surface area (Å²) in [6, 6.07) is 6.34. The number of hydrogen-bond donors (Lipinski definition) is 2. The van der Waals surface area contributed by atoms with Gasteiger partial charge in [-0.1, -0.05) is 6.92 Å². The Labute approximate surface area is 118 Å². The predicted molar refractivity (Wildman–Crippen MR) is 76.6 cm³/mol. The molecule has 3 N–H and O–H groups in total. The molecule has 1 aliphatic heterocycles. The minimum absolute atomic E-state index is 0.136. The van der Waals surface area contributed by atoms with Crippen molar-refractivity contribution in [3.8, 4) is 0 Å². The van der Waals surface area contributed by atoms with Crippen LogP contribution >= 0.6 is 0 Å². The molecule has 1 amide bonds. The fraction of sp³-hybridized carbons (Fsp3) is 0.500. The first-order valence-corrected chi connectivity index (χ1v) is 6.90. The second-order valence-electron chi connectivity index (χ2n) is 4.93. The number of nitrogens with zero attached hydrogens (tertiary/aromatic N) is 2. The summed E-state index contributed by atoms with van der Waals surface area (Å²) >= 11 is 0. The van der Waals surface area contributed by atoms with Crippen LogP contribution in [0.3, 0.4) is 0 Å². The Morgan fingerprint density at radius 1 is 1.30 bits per heavy atom. The number of carbonyl (C=O) groups is 1. The van der Waals surface area contributed by atoms with Gasteiger partial charge in [0, 0.05) is 31.9 Å². The number of piperazine rings is 1. The zero-order chi connectivity index (χ0) is 14.5. The number of amides is 1. The van der Waals surface area contributed by atoms with Gasteiger partial charge in [-0.3, -0.25) is 15.1 Å². The molecule has 0 spiro atoms. The predicted octanol–water partition coefficient (Wildman–Crippen LogP) is 0.716. The van der Waals surface area contributed by atoms with E-state index in [4.69, 9.17) is 5.84 Å². The number of nitrogens with one attached hydrogen (secondary N) is 1. The van der Waals surface area contributed by atoms with Gasteiger partial charge in [-0.25, -0.2) is 10.2 Å². The average Bonchev–Trinajstić information content (AvgIpc) is 2.49. The molecule has 1 heterocycles. The third-order valence-corrected chi connectivity index (χ3v) is 3.78. The zero-order valence-corrected chi connectivity index (χ0v) is 11.7. The molecule has 1 aromatic carbocycles. The van der Waals surface area contributed by atoms with E-state index in [2.05, 4.69) is 15.2 Å². The molecule has 5 nitrogen and oxygen atoms in total. The molecule has 1 aromatic rings. The van der Waals surface area contributed by atoms with Crippen molar-refractivity contribution < 1.29 is 9.18 Å². The topological polar surface area (TPSA) is 61.6 Å². The number of rotatable bonds is 4. The van der Waals surface area contributed by atoms with Crippen LogP contribution in [-0.4, -0.2) is 43.0 Å². The van der Waals surface area contributed by atoms with Gasteiger partial charge >= 0.3 is 0 Å². The van der Waals surface area contributed by atoms with Crippen molar-refractivity contribution in [3.63, 3.8) is 0 Å². The fourth-order valence-corrected chi connectivity index (χ4v) is 2.65. The van der Waals surface area contributed by atoms with Crippen molar-refractivity contribution in [2.24, 2.45) is 5.84 Å². The molecule has 0 aliphatic carbocycles. The minimum Gasteiger partial charge on any atom is -0.369 e. The van der Waals surface area contributed by atoms with E-state index in [9.17, 15) is 9.18 Å². The fourth-order valence-electron chi connectivity index (χ4n) is 2.65. The number of hydrogen-bond acceptors (Lipinski definition) is 4. The maximum Gasteiger partial charge on any atom is 0.251 e. The molecule has 0 bridgehead atoms. The molecule has 1 fully saturated rings. The summed E-state index contributed by atoms with van der Waals surface area (Å²) in [7, 11) is 0. The Balaban J connectivity index is 1.94. The van der Waals surface area contributed by atoms with E-state index < -0.39 is 0 Å². The Morgan fingerprint density at radius 3 is 2.40 bits per heavy atom. The second kappa shape index (κ2) is 6.67. The first kappa shape index (κ1) is 14.7. The molecule has 110 valence electrons. The number of nitrogens with two attached hydrogens (primary N) is 1. The van der Waals surface area contributed by atoms with Crippen molar-refractivity contribution in [2.75, 3.05) is 31.1 Å². The highest BCUT2D eigenvalue weighted by Crippen LogP contribution is 2.18. The molecule has 1 aliphatic rings. The first-order valence-electron chi connectivity index (χ1n) is 6.90. The van der Waals surface area contributed by atoms with Crippen LogP contribution in [0.1, 0.15) is 13.3 Å². The van der Waals surface area contributed by atoms with E-state index in [0.717, 1.165) is 38.3 Å². The Kier molecular flexibility index (Phi) is 4.92. The lowest BCUT2D eigenvalue weighted by molar-refractivity contribution is -0.126. The Bertz CT molecular complexity index is 443. The van der Waals surface area contributed by atoms with Crippen LogP contribution in [-0.2, 0) is 4.79 Å². The maximum absolute atomic E-state index is 12.9. The summed E-state index contributed by atoms with van der Waals surface area (Å²) in [6.45, 7) is 5.21. The maximum atomic E-state index is 12.9. The molecule has 1 saturated heterocycles. The lowest BCUT2D eigenvalue weighted by Crippen LogP contribution is -2.55. The van der Waals surface area contributed by atoms with Crippen LogP contribution in [0.2, 0.25) is 0 Å². The normalized spacial score (nSPS) is 17.9. The molecular formula is C14H21FN4O. The van der Waals surface area contributed by atoms with E-state index in [-0.39, 0.29) is 17.8 Å². The standard InChI is InChI=1S/C14H21FN4O/c1-2-13(14(20)17-16)19-9-7-18(8-10-19)12-5-3-11(15)4-6-12/h3-6,13H,2,7-10,16H2,1H3,(H,17,20)/t13-/m0/s1. The van der Waals surface area contributed by atoms with Crippen molar-refractivity contribution in [3.05, 3.63) is 30.1 Å². The summed E-state index contributed by atoms with van der Waals surface area (Å²) < 4.78 is 12.9. The van der Waals surface area contributed by atoms with Crippen LogP contribution in [0.5, 0.6) is 0 Å². The van der Waals surface area contributed by atoms with Crippen molar-refractivity contribution in [1.29, 1.82) is 0 Å². The molecular weight excluding hydrogens is 259 g/mol. The van der Waals surface area contributed by atoms with Gasteiger partial charge in [0.15, 0.2) is 0 Å². The van der Waals surface area contributed by atoms with Gasteiger partial charge in [0.1, 0.15) is 5.82 Å². The highest BCUT2D eigenvalue weighted by Gasteiger charge is 2.27. The minimum atomic E-state index is -0.224. The van der Waals surface area contributed by atoms with Gasteiger partial charge in [-0.2, -0.15) is 0 Å². The van der Waals surface area contributed by atoms with Crippen LogP contribution in [0.15, 0.2) is 24.3 Å². The largest absolute Gasteiger partial charge is 0.369 e. The van der Waals surface area contributed by atoms with Crippen LogP contribution in [0.4, 0.5) is 10.1 Å². The van der Waals surface area contributed by atoms with Crippen molar-refractivity contribution in [1.82, 2.24) is 10.3 Å². The van der Waals surface area contributed by atoms with Crippen LogP contribution < -0.4 is 16.2 Å². The van der Waals surface area contributed by atoms with Gasteiger partial charge in [-0.15, -0.1) is 0 Å². The highest BCUT2D eigenvalue weighted by atomic mass is 19.1. The van der Waals surface area contributed by atoms with E-state index in [1.54, 1.807) is 12.1 Å². The number of halogens is 1.